The molecule has 1 aromatic carbocycles. The SMILES string of the molecule is COc1ccccc1N1CCC2(CCN(CCCSc3nnc(-c4ocnc4C)n3C)CC2)CC1. The number of thioether (sulfide) groups is 1. The predicted octanol–water partition coefficient (Wildman–Crippen LogP) is 4.65. The maximum atomic E-state index is 5.59. The van der Waals surface area contributed by atoms with Crippen molar-refractivity contribution in [3.63, 3.8) is 0 Å². The van der Waals surface area contributed by atoms with Crippen LogP contribution in [0.4, 0.5) is 5.69 Å². The lowest BCUT2D eigenvalue weighted by Crippen LogP contribution is -2.47. The minimum absolute atomic E-state index is 0.525. The third-order valence-corrected chi connectivity index (χ3v) is 8.91. The summed E-state index contributed by atoms with van der Waals surface area (Å²) in [4.78, 5) is 9.32. The summed E-state index contributed by atoms with van der Waals surface area (Å²) in [7, 11) is 3.76. The number of anilines is 1. The highest BCUT2D eigenvalue weighted by Gasteiger charge is 2.37. The molecule has 2 saturated heterocycles. The molecule has 2 fully saturated rings. The molecule has 2 aromatic heterocycles. The standard InChI is InChI=1S/C26H36N6O2S/c1-20-23(34-19-27-20)24-28-29-25(30(24)2)35-18-6-13-31-14-9-26(10-15-31)11-16-32(17-12-26)21-7-4-5-8-22(21)33-3/h4-5,7-8,19H,6,9-18H2,1-3H3. The Morgan fingerprint density at radius 2 is 1.80 bits per heavy atom. The molecule has 3 aromatic rings. The molecular formula is C26H36N6O2S. The van der Waals surface area contributed by atoms with Crippen molar-refractivity contribution in [2.45, 2.75) is 44.2 Å². The first-order valence-electron chi connectivity index (χ1n) is 12.6. The number of rotatable bonds is 8. The molecule has 0 bridgehead atoms. The van der Waals surface area contributed by atoms with Crippen LogP contribution >= 0.6 is 11.8 Å². The second kappa shape index (κ2) is 10.6. The van der Waals surface area contributed by atoms with Crippen molar-refractivity contribution >= 4 is 17.4 Å². The van der Waals surface area contributed by atoms with E-state index in [1.165, 1.54) is 50.9 Å². The van der Waals surface area contributed by atoms with Crippen molar-refractivity contribution < 1.29 is 9.15 Å². The Balaban J connectivity index is 1.04. The molecule has 0 atom stereocenters. The average molecular weight is 497 g/mol. The van der Waals surface area contributed by atoms with Crippen LogP contribution in [0.3, 0.4) is 0 Å². The van der Waals surface area contributed by atoms with Gasteiger partial charge in [-0.3, -0.25) is 0 Å². The first-order valence-corrected chi connectivity index (χ1v) is 13.6. The van der Waals surface area contributed by atoms with E-state index in [1.54, 1.807) is 18.9 Å². The molecule has 5 rings (SSSR count). The molecule has 8 nitrogen and oxygen atoms in total. The summed E-state index contributed by atoms with van der Waals surface area (Å²) in [6.07, 6.45) is 7.83. The highest BCUT2D eigenvalue weighted by molar-refractivity contribution is 7.99. The zero-order valence-corrected chi connectivity index (χ0v) is 21.9. The average Bonchev–Trinajstić information content (AvgIpc) is 3.48. The van der Waals surface area contributed by atoms with Crippen LogP contribution in [0.2, 0.25) is 0 Å². The largest absolute Gasteiger partial charge is 0.495 e. The maximum Gasteiger partial charge on any atom is 0.202 e. The normalized spacial score (nSPS) is 18.3. The Hall–Kier alpha value is -2.52. The van der Waals surface area contributed by atoms with Crippen molar-refractivity contribution in [2.75, 3.05) is 50.5 Å². The fourth-order valence-corrected chi connectivity index (χ4v) is 6.31. The number of methoxy groups -OCH3 is 1. The molecule has 188 valence electrons. The molecule has 1 spiro atoms. The molecule has 0 radical (unpaired) electrons. The number of aryl methyl sites for hydroxylation is 1. The summed E-state index contributed by atoms with van der Waals surface area (Å²) in [5.74, 6) is 3.46. The number of nitrogens with zero attached hydrogens (tertiary/aromatic N) is 6. The van der Waals surface area contributed by atoms with Gasteiger partial charge in [-0.15, -0.1) is 10.2 Å². The lowest BCUT2D eigenvalue weighted by molar-refractivity contribution is 0.0801. The summed E-state index contributed by atoms with van der Waals surface area (Å²) >= 11 is 1.77. The second-order valence-corrected chi connectivity index (χ2v) is 10.9. The number of piperidine rings is 2. The molecule has 0 unspecified atom stereocenters. The molecule has 35 heavy (non-hydrogen) atoms. The molecule has 0 aliphatic carbocycles. The molecule has 0 saturated carbocycles. The van der Waals surface area contributed by atoms with Crippen LogP contribution in [-0.2, 0) is 7.05 Å². The van der Waals surface area contributed by atoms with Crippen LogP contribution in [0.5, 0.6) is 5.75 Å². The van der Waals surface area contributed by atoms with E-state index in [9.17, 15) is 0 Å². The van der Waals surface area contributed by atoms with Gasteiger partial charge in [0.05, 0.1) is 18.5 Å². The van der Waals surface area contributed by atoms with Gasteiger partial charge in [0.15, 0.2) is 17.3 Å². The van der Waals surface area contributed by atoms with E-state index in [0.717, 1.165) is 54.2 Å². The van der Waals surface area contributed by atoms with Gasteiger partial charge in [0.2, 0.25) is 5.82 Å². The molecule has 0 amide bonds. The van der Waals surface area contributed by atoms with Crippen LogP contribution in [0.25, 0.3) is 11.6 Å². The molecule has 4 heterocycles. The van der Waals surface area contributed by atoms with Crippen LogP contribution in [0.15, 0.2) is 40.2 Å². The zero-order chi connectivity index (χ0) is 24.3. The Bertz CT molecular complexity index is 1110. The molecule has 2 aliphatic heterocycles. The van der Waals surface area contributed by atoms with Crippen molar-refractivity contribution in [1.29, 1.82) is 0 Å². The number of likely N-dealkylation sites (tertiary alicyclic amines) is 1. The van der Waals surface area contributed by atoms with Gasteiger partial charge >= 0.3 is 0 Å². The topological polar surface area (TPSA) is 72.5 Å². The van der Waals surface area contributed by atoms with Crippen molar-refractivity contribution in [3.8, 4) is 17.3 Å². The lowest BCUT2D eigenvalue weighted by Gasteiger charge is -2.47. The van der Waals surface area contributed by atoms with Crippen LogP contribution < -0.4 is 9.64 Å². The highest BCUT2D eigenvalue weighted by atomic mass is 32.2. The first kappa shape index (κ1) is 24.2. The van der Waals surface area contributed by atoms with E-state index in [0.29, 0.717) is 11.2 Å². The fraction of sp³-hybridized carbons (Fsp3) is 0.577. The smallest absolute Gasteiger partial charge is 0.202 e. The lowest BCUT2D eigenvalue weighted by atomic mass is 9.71. The Morgan fingerprint density at radius 1 is 1.06 bits per heavy atom. The number of hydrogen-bond acceptors (Lipinski definition) is 8. The number of oxazole rings is 1. The minimum atomic E-state index is 0.525. The molecule has 2 aliphatic rings. The van der Waals surface area contributed by atoms with E-state index in [2.05, 4.69) is 43.2 Å². The van der Waals surface area contributed by atoms with Gasteiger partial charge in [-0.25, -0.2) is 4.98 Å². The summed E-state index contributed by atoms with van der Waals surface area (Å²) in [5, 5.41) is 9.59. The van der Waals surface area contributed by atoms with Crippen LogP contribution in [0, 0.1) is 12.3 Å². The number of hydrogen-bond donors (Lipinski definition) is 0. The Kier molecular flexibility index (Phi) is 7.34. The summed E-state index contributed by atoms with van der Waals surface area (Å²) in [5.41, 5.74) is 2.61. The molecule has 9 heteroatoms. The zero-order valence-electron chi connectivity index (χ0n) is 21.1. The second-order valence-electron chi connectivity index (χ2n) is 9.83. The maximum absolute atomic E-state index is 5.59. The molecule has 0 N–H and O–H groups in total. The van der Waals surface area contributed by atoms with Gasteiger partial charge in [0.1, 0.15) is 5.75 Å². The van der Waals surface area contributed by atoms with E-state index >= 15 is 0 Å². The summed E-state index contributed by atoms with van der Waals surface area (Å²) in [6, 6.07) is 8.41. The number of ether oxygens (including phenoxy) is 1. The van der Waals surface area contributed by atoms with Gasteiger partial charge in [0, 0.05) is 25.9 Å². The van der Waals surface area contributed by atoms with Crippen molar-refractivity contribution in [1.82, 2.24) is 24.6 Å². The Labute approximate surface area is 212 Å². The first-order chi connectivity index (χ1) is 17.1. The van der Waals surface area contributed by atoms with Crippen LogP contribution in [-0.4, -0.2) is 70.2 Å². The summed E-state index contributed by atoms with van der Waals surface area (Å²) < 4.78 is 13.1. The predicted molar refractivity (Wildman–Crippen MR) is 139 cm³/mol. The van der Waals surface area contributed by atoms with Crippen molar-refractivity contribution in [3.05, 3.63) is 36.4 Å². The Morgan fingerprint density at radius 3 is 2.51 bits per heavy atom. The van der Waals surface area contributed by atoms with Gasteiger partial charge in [-0.2, -0.15) is 0 Å². The van der Waals surface area contributed by atoms with Gasteiger partial charge in [0.25, 0.3) is 0 Å². The van der Waals surface area contributed by atoms with E-state index in [-0.39, 0.29) is 0 Å². The third kappa shape index (κ3) is 5.21. The number of aromatic nitrogens is 4. The third-order valence-electron chi connectivity index (χ3n) is 7.80. The van der Waals surface area contributed by atoms with E-state index in [1.807, 2.05) is 24.6 Å². The monoisotopic (exact) mass is 496 g/mol. The van der Waals surface area contributed by atoms with Gasteiger partial charge in [-0.05, 0) is 76.2 Å². The molecular weight excluding hydrogens is 460 g/mol. The minimum Gasteiger partial charge on any atom is -0.495 e. The van der Waals surface area contributed by atoms with E-state index < -0.39 is 0 Å². The van der Waals surface area contributed by atoms with E-state index in [4.69, 9.17) is 9.15 Å². The summed E-state index contributed by atoms with van der Waals surface area (Å²) in [6.45, 7) is 7.78. The van der Waals surface area contributed by atoms with Gasteiger partial charge < -0.3 is 23.5 Å². The highest BCUT2D eigenvalue weighted by Crippen LogP contribution is 2.43. The van der Waals surface area contributed by atoms with Crippen molar-refractivity contribution in [2.24, 2.45) is 12.5 Å². The quantitative estimate of drug-likeness (QED) is 0.330. The van der Waals surface area contributed by atoms with Crippen LogP contribution in [0.1, 0.15) is 37.8 Å². The number of benzene rings is 1. The van der Waals surface area contributed by atoms with Gasteiger partial charge in [-0.1, -0.05) is 23.9 Å². The number of para-hydroxylation sites is 2. The fourth-order valence-electron chi connectivity index (χ4n) is 5.47.